The third-order valence-corrected chi connectivity index (χ3v) is 6.23. The highest BCUT2D eigenvalue weighted by atomic mass is 32.2. The Bertz CT molecular complexity index is 893. The molecule has 1 saturated carbocycles. The van der Waals surface area contributed by atoms with Gasteiger partial charge in [0, 0.05) is 12.0 Å². The van der Waals surface area contributed by atoms with Gasteiger partial charge in [0.1, 0.15) is 0 Å². The molecule has 0 N–H and O–H groups in total. The summed E-state index contributed by atoms with van der Waals surface area (Å²) in [5, 5.41) is 2.94. The van der Waals surface area contributed by atoms with Crippen LogP contribution in [0.4, 0.5) is 13.2 Å². The van der Waals surface area contributed by atoms with Crippen LogP contribution in [0.2, 0.25) is 0 Å². The Morgan fingerprint density at radius 3 is 2.65 bits per heavy atom. The molecule has 0 radical (unpaired) electrons. The largest absolute Gasteiger partial charge is 0.267 e. The molecule has 2 aliphatic rings. The number of alkyl halides is 1. The zero-order valence-electron chi connectivity index (χ0n) is 11.8. The van der Waals surface area contributed by atoms with Gasteiger partial charge in [-0.15, -0.1) is 5.10 Å². The summed E-state index contributed by atoms with van der Waals surface area (Å²) in [6.45, 7) is 0. The third-order valence-electron chi connectivity index (χ3n) is 4.20. The predicted octanol–water partition coefficient (Wildman–Crippen LogP) is 2.50. The molecule has 5 nitrogen and oxygen atoms in total. The molecule has 0 amide bonds. The molecule has 0 spiro atoms. The standard InChI is InChI=1S/C14H12F3N3O2S/c15-9-3-1-2-8(12(9)17)11-6-10(16)13-18-14(19-20(11)13)23(21,22)7-4-5-7/h1-3,7,10-11H,4-6H2/t10-,11-/m0/s1. The molecule has 1 fully saturated rings. The van der Waals surface area contributed by atoms with Crippen molar-refractivity contribution in [3.8, 4) is 0 Å². The van der Waals surface area contributed by atoms with Gasteiger partial charge in [-0.05, 0) is 18.9 Å². The first-order chi connectivity index (χ1) is 10.9. The fourth-order valence-electron chi connectivity index (χ4n) is 2.84. The maximum atomic E-state index is 14.2. The first-order valence-corrected chi connectivity index (χ1v) is 8.72. The van der Waals surface area contributed by atoms with Crippen molar-refractivity contribution in [1.82, 2.24) is 14.8 Å². The monoisotopic (exact) mass is 343 g/mol. The van der Waals surface area contributed by atoms with E-state index in [1.807, 2.05) is 0 Å². The zero-order chi connectivity index (χ0) is 16.4. The van der Waals surface area contributed by atoms with Crippen molar-refractivity contribution in [2.45, 2.75) is 41.9 Å². The molecule has 2 atom stereocenters. The van der Waals surface area contributed by atoms with E-state index in [2.05, 4.69) is 10.1 Å². The molecule has 1 aliphatic carbocycles. The second kappa shape index (κ2) is 4.80. The SMILES string of the molecule is O=S(=O)(c1nc2n(n1)[C@H](c1cccc(F)c1F)C[C@@H]2F)C1CC1. The minimum Gasteiger partial charge on any atom is -0.239 e. The van der Waals surface area contributed by atoms with Gasteiger partial charge in [-0.25, -0.2) is 26.3 Å². The van der Waals surface area contributed by atoms with Crippen molar-refractivity contribution in [2.24, 2.45) is 0 Å². The maximum Gasteiger partial charge on any atom is 0.267 e. The number of benzene rings is 1. The highest BCUT2D eigenvalue weighted by Gasteiger charge is 2.43. The van der Waals surface area contributed by atoms with Gasteiger partial charge in [-0.2, -0.15) is 4.98 Å². The van der Waals surface area contributed by atoms with Crippen molar-refractivity contribution in [2.75, 3.05) is 0 Å². The van der Waals surface area contributed by atoms with Gasteiger partial charge in [-0.3, -0.25) is 0 Å². The molecule has 2 aromatic rings. The van der Waals surface area contributed by atoms with Crippen molar-refractivity contribution < 1.29 is 21.6 Å². The van der Waals surface area contributed by atoms with Crippen molar-refractivity contribution in [3.63, 3.8) is 0 Å². The summed E-state index contributed by atoms with van der Waals surface area (Å²) in [4.78, 5) is 3.81. The molecule has 0 saturated heterocycles. The molecule has 1 aliphatic heterocycles. The summed E-state index contributed by atoms with van der Waals surface area (Å²) in [7, 11) is -3.67. The summed E-state index contributed by atoms with van der Waals surface area (Å²) in [6, 6.07) is 2.71. The van der Waals surface area contributed by atoms with Crippen molar-refractivity contribution in [1.29, 1.82) is 0 Å². The van der Waals surface area contributed by atoms with E-state index in [1.165, 1.54) is 12.1 Å². The Hall–Kier alpha value is -1.90. The number of nitrogens with zero attached hydrogens (tertiary/aromatic N) is 3. The lowest BCUT2D eigenvalue weighted by Gasteiger charge is -2.13. The Morgan fingerprint density at radius 1 is 1.22 bits per heavy atom. The van der Waals surface area contributed by atoms with Gasteiger partial charge in [-0.1, -0.05) is 12.1 Å². The van der Waals surface area contributed by atoms with Gasteiger partial charge in [0.05, 0.1) is 11.3 Å². The number of hydrogen-bond donors (Lipinski definition) is 0. The molecule has 0 bridgehead atoms. The number of rotatable bonds is 3. The van der Waals surface area contributed by atoms with Crippen LogP contribution in [0.15, 0.2) is 23.4 Å². The van der Waals surface area contributed by atoms with Gasteiger partial charge < -0.3 is 0 Å². The Kier molecular flexibility index (Phi) is 3.06. The average molecular weight is 343 g/mol. The van der Waals surface area contributed by atoms with Crippen LogP contribution in [0.5, 0.6) is 0 Å². The molecule has 1 aromatic carbocycles. The summed E-state index contributed by atoms with van der Waals surface area (Å²) in [5.41, 5.74) is -0.0633. The van der Waals surface area contributed by atoms with Crippen molar-refractivity contribution >= 4 is 9.84 Å². The molecule has 23 heavy (non-hydrogen) atoms. The lowest BCUT2D eigenvalue weighted by molar-refractivity contribution is 0.324. The van der Waals surface area contributed by atoms with E-state index in [0.717, 1.165) is 10.7 Å². The molecular formula is C14H12F3N3O2S. The molecule has 0 unspecified atom stereocenters. The van der Waals surface area contributed by atoms with Crippen molar-refractivity contribution in [3.05, 3.63) is 41.2 Å². The van der Waals surface area contributed by atoms with E-state index in [4.69, 9.17) is 0 Å². The number of halogens is 3. The van der Waals surface area contributed by atoms with Crippen LogP contribution < -0.4 is 0 Å². The van der Waals surface area contributed by atoms with Gasteiger partial charge in [0.25, 0.3) is 5.16 Å². The molecule has 1 aromatic heterocycles. The van der Waals surface area contributed by atoms with E-state index in [0.29, 0.717) is 12.8 Å². The average Bonchev–Trinajstić information content (AvgIpc) is 3.20. The van der Waals surface area contributed by atoms with Crippen LogP contribution in [0, 0.1) is 11.6 Å². The van der Waals surface area contributed by atoms with E-state index in [-0.39, 0.29) is 17.8 Å². The van der Waals surface area contributed by atoms with Crippen LogP contribution in [-0.2, 0) is 9.84 Å². The normalized spacial score (nSPS) is 24.0. The quantitative estimate of drug-likeness (QED) is 0.859. The topological polar surface area (TPSA) is 64.8 Å². The van der Waals surface area contributed by atoms with Gasteiger partial charge in [0.2, 0.25) is 9.84 Å². The molecule has 2 heterocycles. The molecule has 122 valence electrons. The summed E-state index contributed by atoms with van der Waals surface area (Å²) >= 11 is 0. The lowest BCUT2D eigenvalue weighted by atomic mass is 10.0. The Morgan fingerprint density at radius 2 is 1.96 bits per heavy atom. The zero-order valence-corrected chi connectivity index (χ0v) is 12.6. The Balaban J connectivity index is 1.80. The van der Waals surface area contributed by atoms with Gasteiger partial charge >= 0.3 is 0 Å². The third kappa shape index (κ3) is 2.17. The number of aromatic nitrogens is 3. The number of fused-ring (bicyclic) bond motifs is 1. The second-order valence-corrected chi connectivity index (χ2v) is 7.93. The van der Waals surface area contributed by atoms with Crippen LogP contribution in [0.25, 0.3) is 0 Å². The molecule has 9 heteroatoms. The highest BCUT2D eigenvalue weighted by Crippen LogP contribution is 2.42. The molecule has 4 rings (SSSR count). The predicted molar refractivity (Wildman–Crippen MR) is 73.2 cm³/mol. The first-order valence-electron chi connectivity index (χ1n) is 7.18. The van der Waals surface area contributed by atoms with Crippen LogP contribution in [0.1, 0.15) is 42.9 Å². The summed E-state index contributed by atoms with van der Waals surface area (Å²) in [5.74, 6) is -2.28. The maximum absolute atomic E-state index is 14.2. The lowest BCUT2D eigenvalue weighted by Crippen LogP contribution is -2.13. The smallest absolute Gasteiger partial charge is 0.239 e. The van der Waals surface area contributed by atoms with Crippen LogP contribution in [-0.4, -0.2) is 28.4 Å². The second-order valence-electron chi connectivity index (χ2n) is 5.80. The fraction of sp³-hybridized carbons (Fsp3) is 0.429. The van der Waals surface area contributed by atoms with E-state index in [9.17, 15) is 21.6 Å². The van der Waals surface area contributed by atoms with Gasteiger partial charge in [0.15, 0.2) is 23.6 Å². The first kappa shape index (κ1) is 14.7. The van der Waals surface area contributed by atoms with E-state index >= 15 is 0 Å². The Labute approximate surface area is 130 Å². The van der Waals surface area contributed by atoms with E-state index in [1.54, 1.807) is 0 Å². The minimum atomic E-state index is -3.67. The number of sulfone groups is 1. The highest BCUT2D eigenvalue weighted by molar-refractivity contribution is 7.92. The van der Waals surface area contributed by atoms with E-state index < -0.39 is 44.1 Å². The van der Waals surface area contributed by atoms with Crippen LogP contribution in [0.3, 0.4) is 0 Å². The summed E-state index contributed by atoms with van der Waals surface area (Å²) < 4.78 is 67.0. The fourth-order valence-corrected chi connectivity index (χ4v) is 4.32. The number of hydrogen-bond acceptors (Lipinski definition) is 4. The summed E-state index contributed by atoms with van der Waals surface area (Å²) in [6.07, 6.45) is -0.654. The van der Waals surface area contributed by atoms with Crippen LogP contribution >= 0.6 is 0 Å². The molecular weight excluding hydrogens is 331 g/mol. The minimum absolute atomic E-state index is 0.0633.